The molecule has 0 aromatic rings. The number of carbonyl (C=O) groups excluding carboxylic acids is 2. The molecule has 1 fully saturated rings. The Kier molecular flexibility index (Phi) is 3.62. The number of rotatable bonds is 4. The van der Waals surface area contributed by atoms with Gasteiger partial charge in [0, 0.05) is 19.6 Å². The van der Waals surface area contributed by atoms with Gasteiger partial charge >= 0.3 is 0 Å². The summed E-state index contributed by atoms with van der Waals surface area (Å²) in [6.07, 6.45) is 0.448. The zero-order chi connectivity index (χ0) is 11.6. The smallest absolute Gasteiger partial charge is 0.218 e. The summed E-state index contributed by atoms with van der Waals surface area (Å²) < 4.78 is 9.73. The first-order valence-electron chi connectivity index (χ1n) is 5.07. The molecule has 4 nitrogen and oxygen atoms in total. The van der Waals surface area contributed by atoms with Crippen LogP contribution in [-0.4, -0.2) is 32.1 Å². The average molecular weight is 214 g/mol. The van der Waals surface area contributed by atoms with Gasteiger partial charge in [-0.3, -0.25) is 9.59 Å². The monoisotopic (exact) mass is 214 g/mol. The fourth-order valence-corrected chi connectivity index (χ4v) is 2.00. The Morgan fingerprint density at radius 3 is 2.27 bits per heavy atom. The van der Waals surface area contributed by atoms with Crippen LogP contribution in [0.1, 0.15) is 26.7 Å². The number of hydrogen-bond acceptors (Lipinski definition) is 4. The van der Waals surface area contributed by atoms with E-state index in [1.165, 1.54) is 14.2 Å². The molecule has 1 rings (SSSR count). The molecule has 0 aliphatic heterocycles. The zero-order valence-corrected chi connectivity index (χ0v) is 9.70. The van der Waals surface area contributed by atoms with Crippen molar-refractivity contribution in [2.45, 2.75) is 33.0 Å². The molecule has 1 aliphatic rings. The second-order valence-corrected chi connectivity index (χ2v) is 4.55. The van der Waals surface area contributed by atoms with Crippen molar-refractivity contribution in [3.63, 3.8) is 0 Å². The van der Waals surface area contributed by atoms with Crippen LogP contribution < -0.4 is 0 Å². The molecule has 0 amide bonds. The number of hydrogen-bond donors (Lipinski definition) is 0. The molecule has 1 atom stereocenters. The third-order valence-corrected chi connectivity index (χ3v) is 3.05. The summed E-state index contributed by atoms with van der Waals surface area (Å²) in [6, 6.07) is 0. The molecular weight excluding hydrogens is 196 g/mol. The van der Waals surface area contributed by atoms with Gasteiger partial charge in [0.25, 0.3) is 0 Å². The van der Waals surface area contributed by atoms with E-state index in [9.17, 15) is 9.59 Å². The van der Waals surface area contributed by atoms with E-state index in [4.69, 9.17) is 9.47 Å². The van der Waals surface area contributed by atoms with Crippen LogP contribution in [0.2, 0.25) is 0 Å². The SMILES string of the molecule is COC(OC)C(=O)C1CCC(C)(C)C1=O. The maximum absolute atomic E-state index is 11.9. The van der Waals surface area contributed by atoms with Crippen LogP contribution in [0.4, 0.5) is 0 Å². The van der Waals surface area contributed by atoms with E-state index in [1.54, 1.807) is 0 Å². The molecule has 0 N–H and O–H groups in total. The predicted molar refractivity (Wildman–Crippen MR) is 54.3 cm³/mol. The van der Waals surface area contributed by atoms with E-state index < -0.39 is 12.2 Å². The lowest BCUT2D eigenvalue weighted by Crippen LogP contribution is -2.35. The molecule has 0 spiro atoms. The van der Waals surface area contributed by atoms with Gasteiger partial charge in [0.1, 0.15) is 5.78 Å². The van der Waals surface area contributed by atoms with Crippen molar-refractivity contribution in [3.05, 3.63) is 0 Å². The highest BCUT2D eigenvalue weighted by molar-refractivity contribution is 6.07. The third-order valence-electron chi connectivity index (χ3n) is 3.05. The maximum Gasteiger partial charge on any atom is 0.218 e. The summed E-state index contributed by atoms with van der Waals surface area (Å²) in [5.74, 6) is -0.799. The Bertz CT molecular complexity index is 266. The molecule has 15 heavy (non-hydrogen) atoms. The summed E-state index contributed by atoms with van der Waals surface area (Å²) >= 11 is 0. The molecule has 0 aromatic heterocycles. The van der Waals surface area contributed by atoms with Crippen LogP contribution >= 0.6 is 0 Å². The zero-order valence-electron chi connectivity index (χ0n) is 9.70. The highest BCUT2D eigenvalue weighted by Gasteiger charge is 2.45. The van der Waals surface area contributed by atoms with Crippen LogP contribution in [0.25, 0.3) is 0 Å². The minimum Gasteiger partial charge on any atom is -0.349 e. The van der Waals surface area contributed by atoms with Crippen LogP contribution in [0.3, 0.4) is 0 Å². The minimum absolute atomic E-state index is 0.00611. The normalized spacial score (nSPS) is 24.9. The van der Waals surface area contributed by atoms with E-state index >= 15 is 0 Å². The molecule has 0 heterocycles. The second kappa shape index (κ2) is 4.41. The fraction of sp³-hybridized carbons (Fsp3) is 0.818. The first-order chi connectivity index (χ1) is 6.94. The van der Waals surface area contributed by atoms with Crippen molar-refractivity contribution in [1.82, 2.24) is 0 Å². The standard InChI is InChI=1S/C11H18O4/c1-11(2)6-5-7(9(11)13)8(12)10(14-3)15-4/h7,10H,5-6H2,1-4H3. The summed E-state index contributed by atoms with van der Waals surface area (Å²) in [7, 11) is 2.80. The van der Waals surface area contributed by atoms with Gasteiger partial charge in [-0.05, 0) is 12.8 Å². The van der Waals surface area contributed by atoms with Crippen molar-refractivity contribution in [1.29, 1.82) is 0 Å². The minimum atomic E-state index is -0.909. The van der Waals surface area contributed by atoms with Gasteiger partial charge in [0.2, 0.25) is 6.29 Å². The summed E-state index contributed by atoms with van der Waals surface area (Å²) in [6.45, 7) is 3.74. The van der Waals surface area contributed by atoms with Crippen molar-refractivity contribution >= 4 is 11.6 Å². The molecular formula is C11H18O4. The van der Waals surface area contributed by atoms with Crippen molar-refractivity contribution in [2.75, 3.05) is 14.2 Å². The van der Waals surface area contributed by atoms with Gasteiger partial charge in [-0.25, -0.2) is 0 Å². The van der Waals surface area contributed by atoms with Crippen LogP contribution in [0.15, 0.2) is 0 Å². The first-order valence-corrected chi connectivity index (χ1v) is 5.07. The predicted octanol–water partition coefficient (Wildman–Crippen LogP) is 1.18. The molecule has 1 aliphatic carbocycles. The Hall–Kier alpha value is -0.740. The van der Waals surface area contributed by atoms with E-state index in [0.717, 1.165) is 6.42 Å². The molecule has 1 saturated carbocycles. The Morgan fingerprint density at radius 1 is 1.40 bits per heavy atom. The lowest BCUT2D eigenvalue weighted by atomic mass is 9.88. The lowest BCUT2D eigenvalue weighted by molar-refractivity contribution is -0.162. The largest absolute Gasteiger partial charge is 0.349 e. The van der Waals surface area contributed by atoms with Gasteiger partial charge < -0.3 is 9.47 Å². The molecule has 1 unspecified atom stereocenters. The molecule has 0 saturated heterocycles. The Labute approximate surface area is 89.9 Å². The fourth-order valence-electron chi connectivity index (χ4n) is 2.00. The van der Waals surface area contributed by atoms with E-state index in [2.05, 4.69) is 0 Å². The van der Waals surface area contributed by atoms with Crippen molar-refractivity contribution in [2.24, 2.45) is 11.3 Å². The summed E-state index contributed by atoms with van der Waals surface area (Å²) in [5.41, 5.74) is -0.383. The summed E-state index contributed by atoms with van der Waals surface area (Å²) in [5, 5.41) is 0. The highest BCUT2D eigenvalue weighted by atomic mass is 16.7. The van der Waals surface area contributed by atoms with Gasteiger partial charge in [0.05, 0.1) is 5.92 Å². The number of methoxy groups -OCH3 is 2. The number of ether oxygens (including phenoxy) is 2. The molecule has 4 heteroatoms. The second-order valence-electron chi connectivity index (χ2n) is 4.55. The quantitative estimate of drug-likeness (QED) is 0.521. The molecule has 0 aromatic carbocycles. The van der Waals surface area contributed by atoms with Crippen LogP contribution in [0, 0.1) is 11.3 Å². The van der Waals surface area contributed by atoms with Gasteiger partial charge in [-0.15, -0.1) is 0 Å². The van der Waals surface area contributed by atoms with Gasteiger partial charge in [0.15, 0.2) is 5.78 Å². The van der Waals surface area contributed by atoms with E-state index in [1.807, 2.05) is 13.8 Å². The summed E-state index contributed by atoms with van der Waals surface area (Å²) in [4.78, 5) is 23.7. The van der Waals surface area contributed by atoms with Crippen molar-refractivity contribution in [3.8, 4) is 0 Å². The van der Waals surface area contributed by atoms with E-state index in [-0.39, 0.29) is 17.0 Å². The van der Waals surface area contributed by atoms with E-state index in [0.29, 0.717) is 6.42 Å². The van der Waals surface area contributed by atoms with Crippen molar-refractivity contribution < 1.29 is 19.1 Å². The van der Waals surface area contributed by atoms with Gasteiger partial charge in [-0.1, -0.05) is 13.8 Å². The average Bonchev–Trinajstić information content (AvgIpc) is 2.44. The Morgan fingerprint density at radius 2 is 1.93 bits per heavy atom. The topological polar surface area (TPSA) is 52.6 Å². The Balaban J connectivity index is 2.75. The maximum atomic E-state index is 11.9. The van der Waals surface area contributed by atoms with Crippen LogP contribution in [-0.2, 0) is 19.1 Å². The lowest BCUT2D eigenvalue weighted by Gasteiger charge is -2.18. The molecule has 0 bridgehead atoms. The number of carbonyl (C=O) groups is 2. The van der Waals surface area contributed by atoms with Crippen LogP contribution in [0.5, 0.6) is 0 Å². The highest BCUT2D eigenvalue weighted by Crippen LogP contribution is 2.38. The number of Topliss-reactive ketones (excluding diaryl/α,β-unsaturated/α-hetero) is 2. The third kappa shape index (κ3) is 2.26. The molecule has 0 radical (unpaired) electrons. The number of ketones is 2. The van der Waals surface area contributed by atoms with Gasteiger partial charge in [-0.2, -0.15) is 0 Å². The first kappa shape index (κ1) is 12.3. The molecule has 86 valence electrons.